The number of aliphatic carboxylic acids is 1. The van der Waals surface area contributed by atoms with Crippen molar-refractivity contribution in [2.24, 2.45) is 5.92 Å². The van der Waals surface area contributed by atoms with E-state index in [-0.39, 0.29) is 11.9 Å². The first-order valence-electron chi connectivity index (χ1n) is 8.19. The van der Waals surface area contributed by atoms with E-state index in [0.29, 0.717) is 6.42 Å². The minimum absolute atomic E-state index is 0.177. The van der Waals surface area contributed by atoms with Gasteiger partial charge in [0.1, 0.15) is 0 Å². The molecule has 0 rings (SSSR count). The van der Waals surface area contributed by atoms with Crippen molar-refractivity contribution in [2.75, 3.05) is 0 Å². The molecule has 0 spiro atoms. The molecule has 0 saturated heterocycles. The van der Waals surface area contributed by atoms with Crippen LogP contribution in [-0.2, 0) is 14.3 Å². The fraction of sp³-hybridized carbons (Fsp3) is 0.667. The lowest BCUT2D eigenvalue weighted by molar-refractivity contribution is -0.140. The average Bonchev–Trinajstić information content (AvgIpc) is 2.48. The second-order valence-electron chi connectivity index (χ2n) is 5.14. The Morgan fingerprint density at radius 3 is 2.09 bits per heavy atom. The molecular formula is C18H32O4. The SMILES string of the molecule is C=CC(CCCCCC)C(=O)O.C=COC(=O)CCCCC. The van der Waals surface area contributed by atoms with Crippen LogP contribution in [0.25, 0.3) is 0 Å². The van der Waals surface area contributed by atoms with Gasteiger partial charge in [-0.05, 0) is 12.8 Å². The van der Waals surface area contributed by atoms with Crippen molar-refractivity contribution in [2.45, 2.75) is 71.6 Å². The van der Waals surface area contributed by atoms with Crippen LogP contribution < -0.4 is 0 Å². The molecule has 22 heavy (non-hydrogen) atoms. The number of hydrogen-bond acceptors (Lipinski definition) is 3. The molecule has 0 heterocycles. The first-order valence-corrected chi connectivity index (χ1v) is 8.19. The third kappa shape index (κ3) is 16.5. The Kier molecular flexibility index (Phi) is 18.0. The molecule has 1 unspecified atom stereocenters. The highest BCUT2D eigenvalue weighted by atomic mass is 16.5. The molecular weight excluding hydrogens is 280 g/mol. The fourth-order valence-corrected chi connectivity index (χ4v) is 1.80. The zero-order chi connectivity index (χ0) is 17.2. The molecule has 0 saturated carbocycles. The Morgan fingerprint density at radius 1 is 1.05 bits per heavy atom. The first kappa shape index (κ1) is 22.7. The minimum atomic E-state index is -0.749. The molecule has 0 aliphatic rings. The van der Waals surface area contributed by atoms with E-state index >= 15 is 0 Å². The van der Waals surface area contributed by atoms with Crippen LogP contribution in [0.1, 0.15) is 71.6 Å². The first-order chi connectivity index (χ1) is 10.5. The highest BCUT2D eigenvalue weighted by Crippen LogP contribution is 2.11. The van der Waals surface area contributed by atoms with Crippen molar-refractivity contribution < 1.29 is 19.4 Å². The molecule has 4 nitrogen and oxygen atoms in total. The lowest BCUT2D eigenvalue weighted by Gasteiger charge is -2.05. The molecule has 128 valence electrons. The van der Waals surface area contributed by atoms with Crippen LogP contribution in [0.4, 0.5) is 0 Å². The second-order valence-corrected chi connectivity index (χ2v) is 5.14. The summed E-state index contributed by atoms with van der Waals surface area (Å²) < 4.78 is 4.51. The van der Waals surface area contributed by atoms with E-state index in [9.17, 15) is 9.59 Å². The molecule has 0 aromatic rings. The van der Waals surface area contributed by atoms with Gasteiger partial charge < -0.3 is 9.84 Å². The van der Waals surface area contributed by atoms with Crippen molar-refractivity contribution in [1.82, 2.24) is 0 Å². The van der Waals surface area contributed by atoms with Gasteiger partial charge >= 0.3 is 11.9 Å². The quantitative estimate of drug-likeness (QED) is 0.236. The number of rotatable bonds is 12. The number of carboxylic acids is 1. The zero-order valence-corrected chi connectivity index (χ0v) is 14.2. The molecule has 0 amide bonds. The van der Waals surface area contributed by atoms with Crippen LogP contribution >= 0.6 is 0 Å². The molecule has 0 bridgehead atoms. The Morgan fingerprint density at radius 2 is 1.64 bits per heavy atom. The van der Waals surface area contributed by atoms with E-state index in [0.717, 1.165) is 38.5 Å². The van der Waals surface area contributed by atoms with Gasteiger partial charge in [0.05, 0.1) is 12.2 Å². The van der Waals surface area contributed by atoms with Crippen molar-refractivity contribution in [3.63, 3.8) is 0 Å². The Labute approximate surface area is 135 Å². The van der Waals surface area contributed by atoms with Crippen LogP contribution in [0, 0.1) is 5.92 Å². The lowest BCUT2D eigenvalue weighted by atomic mass is 10.0. The van der Waals surface area contributed by atoms with E-state index in [4.69, 9.17) is 5.11 Å². The predicted octanol–water partition coefficient (Wildman–Crippen LogP) is 5.10. The molecule has 0 aromatic carbocycles. The fourth-order valence-electron chi connectivity index (χ4n) is 1.80. The maximum atomic E-state index is 10.6. The topological polar surface area (TPSA) is 63.6 Å². The maximum absolute atomic E-state index is 10.6. The van der Waals surface area contributed by atoms with Gasteiger partial charge in [0.2, 0.25) is 0 Å². The summed E-state index contributed by atoms with van der Waals surface area (Å²) in [5, 5.41) is 8.66. The number of carboxylic acid groups (broad SMARTS) is 1. The van der Waals surface area contributed by atoms with E-state index in [1.807, 2.05) is 0 Å². The van der Waals surface area contributed by atoms with Crippen LogP contribution in [0.5, 0.6) is 0 Å². The summed E-state index contributed by atoms with van der Waals surface area (Å²) in [4.78, 5) is 21.1. The molecule has 0 aromatic heterocycles. The van der Waals surface area contributed by atoms with Crippen molar-refractivity contribution >= 4 is 11.9 Å². The number of ether oxygens (including phenoxy) is 1. The lowest BCUT2D eigenvalue weighted by Crippen LogP contribution is -2.10. The van der Waals surface area contributed by atoms with E-state index in [2.05, 4.69) is 31.7 Å². The van der Waals surface area contributed by atoms with Gasteiger partial charge in [-0.25, -0.2) is 0 Å². The summed E-state index contributed by atoms with van der Waals surface area (Å²) in [6, 6.07) is 0. The monoisotopic (exact) mass is 312 g/mol. The third-order valence-corrected chi connectivity index (χ3v) is 3.17. The van der Waals surface area contributed by atoms with Crippen molar-refractivity contribution in [3.8, 4) is 0 Å². The number of hydrogen-bond donors (Lipinski definition) is 1. The molecule has 1 N–H and O–H groups in total. The number of esters is 1. The van der Waals surface area contributed by atoms with Crippen LogP contribution in [0.2, 0.25) is 0 Å². The second kappa shape index (κ2) is 17.5. The largest absolute Gasteiger partial charge is 0.481 e. The smallest absolute Gasteiger partial charge is 0.310 e. The molecule has 4 heteroatoms. The summed E-state index contributed by atoms with van der Waals surface area (Å²) in [5.74, 6) is -1.27. The predicted molar refractivity (Wildman–Crippen MR) is 90.5 cm³/mol. The Hall–Kier alpha value is -1.58. The van der Waals surface area contributed by atoms with Crippen LogP contribution in [0.3, 0.4) is 0 Å². The van der Waals surface area contributed by atoms with Crippen molar-refractivity contribution in [3.05, 3.63) is 25.5 Å². The van der Waals surface area contributed by atoms with Crippen molar-refractivity contribution in [1.29, 1.82) is 0 Å². The van der Waals surface area contributed by atoms with Gasteiger partial charge in [0.25, 0.3) is 0 Å². The van der Waals surface area contributed by atoms with Gasteiger partial charge in [-0.3, -0.25) is 9.59 Å². The van der Waals surface area contributed by atoms with Gasteiger partial charge in [0, 0.05) is 6.42 Å². The molecule has 0 aliphatic carbocycles. The Bertz CT molecular complexity index is 310. The summed E-state index contributed by atoms with van der Waals surface area (Å²) >= 11 is 0. The normalized spacial score (nSPS) is 10.8. The number of carbonyl (C=O) groups excluding carboxylic acids is 1. The van der Waals surface area contributed by atoms with Gasteiger partial charge in [0.15, 0.2) is 0 Å². The summed E-state index contributed by atoms with van der Waals surface area (Å²) in [7, 11) is 0. The summed E-state index contributed by atoms with van der Waals surface area (Å²) in [5.41, 5.74) is 0. The molecule has 0 aliphatic heterocycles. The highest BCUT2D eigenvalue weighted by molar-refractivity contribution is 5.71. The Balaban J connectivity index is 0. The van der Waals surface area contributed by atoms with Gasteiger partial charge in [-0.15, -0.1) is 6.58 Å². The highest BCUT2D eigenvalue weighted by Gasteiger charge is 2.11. The zero-order valence-electron chi connectivity index (χ0n) is 14.2. The molecule has 0 radical (unpaired) electrons. The number of carbonyl (C=O) groups is 2. The minimum Gasteiger partial charge on any atom is -0.481 e. The van der Waals surface area contributed by atoms with Gasteiger partial charge in [-0.1, -0.05) is 65.0 Å². The van der Waals surface area contributed by atoms with Gasteiger partial charge in [-0.2, -0.15) is 0 Å². The van der Waals surface area contributed by atoms with E-state index in [1.54, 1.807) is 0 Å². The van der Waals surface area contributed by atoms with E-state index < -0.39 is 5.97 Å². The summed E-state index contributed by atoms with van der Waals surface area (Å²) in [6.07, 6.45) is 11.6. The maximum Gasteiger partial charge on any atom is 0.310 e. The van der Waals surface area contributed by atoms with Crippen LogP contribution in [-0.4, -0.2) is 17.0 Å². The molecule has 1 atom stereocenters. The average molecular weight is 312 g/mol. The summed E-state index contributed by atoms with van der Waals surface area (Å²) in [6.45, 7) is 11.0. The van der Waals surface area contributed by atoms with E-state index in [1.165, 1.54) is 25.2 Å². The number of unbranched alkanes of at least 4 members (excludes halogenated alkanes) is 5. The third-order valence-electron chi connectivity index (χ3n) is 3.17. The van der Waals surface area contributed by atoms with Crippen LogP contribution in [0.15, 0.2) is 25.5 Å². The molecule has 0 fully saturated rings. The standard InChI is InChI=1S/C10H18O2.C8H14O2/c1-3-5-6-7-8-9(4-2)10(11)12;1-3-5-6-7-8(9)10-4-2/h4,9H,2-3,5-8H2,1H3,(H,11,12);4H,2-3,5-7H2,1H3.